The van der Waals surface area contributed by atoms with Gasteiger partial charge in [0.15, 0.2) is 5.96 Å². The number of thioether (sulfide) groups is 1. The van der Waals surface area contributed by atoms with Gasteiger partial charge in [0.25, 0.3) is 0 Å². The summed E-state index contributed by atoms with van der Waals surface area (Å²) in [5, 5.41) is 6.57. The molecule has 0 aromatic heterocycles. The topological polar surface area (TPSA) is 79.5 Å². The van der Waals surface area contributed by atoms with Gasteiger partial charge in [-0.1, -0.05) is 12.1 Å². The minimum absolute atomic E-state index is 0. The predicted molar refractivity (Wildman–Crippen MR) is 111 cm³/mol. The van der Waals surface area contributed by atoms with Gasteiger partial charge in [-0.25, -0.2) is 4.99 Å². The van der Waals surface area contributed by atoms with Gasteiger partial charge in [-0.15, -0.1) is 24.0 Å². The Bertz CT molecular complexity index is 535. The number of nitrogens with two attached hydrogens (primary N) is 1. The lowest BCUT2D eigenvalue weighted by molar-refractivity contribution is 0.1000. The molecule has 0 aliphatic rings. The first kappa shape index (κ1) is 22.0. The number of hydrogen-bond acceptors (Lipinski definition) is 3. The quantitative estimate of drug-likeness (QED) is 0.339. The SMILES string of the molecule is CCNC(=NCc1cccc(C(N)=O)c1)NCC(C)(C)SC.I. The molecule has 1 aromatic rings. The summed E-state index contributed by atoms with van der Waals surface area (Å²) >= 11 is 1.81. The Morgan fingerprint density at radius 1 is 1.35 bits per heavy atom. The highest BCUT2D eigenvalue weighted by Crippen LogP contribution is 2.19. The van der Waals surface area contributed by atoms with Crippen molar-refractivity contribution in [2.45, 2.75) is 32.1 Å². The highest BCUT2D eigenvalue weighted by atomic mass is 127. The molecule has 1 aromatic carbocycles. The van der Waals surface area contributed by atoms with Gasteiger partial charge < -0.3 is 16.4 Å². The third-order valence-corrected chi connectivity index (χ3v) is 4.46. The van der Waals surface area contributed by atoms with Gasteiger partial charge in [-0.05, 0) is 44.7 Å². The van der Waals surface area contributed by atoms with Crippen LogP contribution >= 0.6 is 35.7 Å². The smallest absolute Gasteiger partial charge is 0.248 e. The van der Waals surface area contributed by atoms with Crippen LogP contribution in [0.5, 0.6) is 0 Å². The molecule has 7 heteroatoms. The van der Waals surface area contributed by atoms with E-state index in [0.717, 1.165) is 24.6 Å². The van der Waals surface area contributed by atoms with Crippen molar-refractivity contribution in [3.63, 3.8) is 0 Å². The molecule has 0 saturated carbocycles. The molecule has 0 aliphatic heterocycles. The van der Waals surface area contributed by atoms with E-state index in [-0.39, 0.29) is 28.7 Å². The van der Waals surface area contributed by atoms with Crippen LogP contribution in [0.3, 0.4) is 0 Å². The number of halogens is 1. The molecule has 23 heavy (non-hydrogen) atoms. The fourth-order valence-corrected chi connectivity index (χ4v) is 1.92. The number of nitrogens with zero attached hydrogens (tertiary/aromatic N) is 1. The summed E-state index contributed by atoms with van der Waals surface area (Å²) in [5.74, 6) is 0.353. The molecule has 0 aliphatic carbocycles. The molecule has 0 fully saturated rings. The zero-order chi connectivity index (χ0) is 16.6. The molecule has 130 valence electrons. The number of guanidine groups is 1. The number of nitrogens with one attached hydrogen (secondary N) is 2. The van der Waals surface area contributed by atoms with Crippen LogP contribution in [-0.2, 0) is 6.54 Å². The molecular weight excluding hydrogens is 423 g/mol. The summed E-state index contributed by atoms with van der Waals surface area (Å²) in [4.78, 5) is 15.8. The van der Waals surface area contributed by atoms with E-state index in [2.05, 4.69) is 35.7 Å². The second-order valence-electron chi connectivity index (χ2n) is 5.58. The lowest BCUT2D eigenvalue weighted by Gasteiger charge is -2.23. The minimum atomic E-state index is -0.419. The molecule has 1 amide bonds. The zero-order valence-electron chi connectivity index (χ0n) is 14.2. The molecule has 0 radical (unpaired) electrons. The molecule has 0 atom stereocenters. The maximum absolute atomic E-state index is 11.2. The second kappa shape index (κ2) is 10.7. The van der Waals surface area contributed by atoms with Crippen molar-refractivity contribution in [1.29, 1.82) is 0 Å². The van der Waals surface area contributed by atoms with Crippen molar-refractivity contribution >= 4 is 47.6 Å². The van der Waals surface area contributed by atoms with Crippen molar-refractivity contribution in [1.82, 2.24) is 10.6 Å². The Kier molecular flexibility index (Phi) is 10.3. The molecular formula is C16H27IN4OS. The van der Waals surface area contributed by atoms with E-state index < -0.39 is 5.91 Å². The maximum atomic E-state index is 11.2. The summed E-state index contributed by atoms with van der Waals surface area (Å²) < 4.78 is 0.141. The van der Waals surface area contributed by atoms with Crippen molar-refractivity contribution in [2.75, 3.05) is 19.3 Å². The number of rotatable bonds is 7. The average Bonchev–Trinajstić information content (AvgIpc) is 2.50. The summed E-state index contributed by atoms with van der Waals surface area (Å²) in [6, 6.07) is 7.24. The minimum Gasteiger partial charge on any atom is -0.366 e. The monoisotopic (exact) mass is 450 g/mol. The summed E-state index contributed by atoms with van der Waals surface area (Å²) in [5.41, 5.74) is 6.76. The van der Waals surface area contributed by atoms with E-state index in [4.69, 9.17) is 5.73 Å². The average molecular weight is 450 g/mol. The van der Waals surface area contributed by atoms with Crippen LogP contribution in [-0.4, -0.2) is 36.0 Å². The number of hydrogen-bond donors (Lipinski definition) is 3. The van der Waals surface area contributed by atoms with Crippen molar-refractivity contribution in [2.24, 2.45) is 10.7 Å². The summed E-state index contributed by atoms with van der Waals surface area (Å²) in [6.45, 7) is 8.52. The zero-order valence-corrected chi connectivity index (χ0v) is 17.3. The van der Waals surface area contributed by atoms with Gasteiger partial charge in [0.1, 0.15) is 0 Å². The van der Waals surface area contributed by atoms with E-state index >= 15 is 0 Å². The third kappa shape index (κ3) is 8.45. The van der Waals surface area contributed by atoms with Crippen LogP contribution in [0.1, 0.15) is 36.7 Å². The molecule has 0 bridgehead atoms. The number of carbonyl (C=O) groups is 1. The molecule has 0 spiro atoms. The fourth-order valence-electron chi connectivity index (χ4n) is 1.70. The lowest BCUT2D eigenvalue weighted by Crippen LogP contribution is -2.43. The van der Waals surface area contributed by atoms with Crippen LogP contribution < -0.4 is 16.4 Å². The lowest BCUT2D eigenvalue weighted by atomic mass is 10.1. The van der Waals surface area contributed by atoms with Crippen LogP contribution in [0.2, 0.25) is 0 Å². The van der Waals surface area contributed by atoms with Crippen molar-refractivity contribution in [3.8, 4) is 0 Å². The normalized spacial score (nSPS) is 11.6. The van der Waals surface area contributed by atoms with Gasteiger partial charge in [-0.2, -0.15) is 11.8 Å². The van der Waals surface area contributed by atoms with Gasteiger partial charge in [-0.3, -0.25) is 4.79 Å². The fraction of sp³-hybridized carbons (Fsp3) is 0.500. The molecule has 0 saturated heterocycles. The highest BCUT2D eigenvalue weighted by molar-refractivity contribution is 14.0. The number of aliphatic imine (C=N–C) groups is 1. The molecule has 1 rings (SSSR count). The number of benzene rings is 1. The van der Waals surface area contributed by atoms with Crippen molar-refractivity contribution in [3.05, 3.63) is 35.4 Å². The van der Waals surface area contributed by atoms with Gasteiger partial charge in [0, 0.05) is 23.4 Å². The van der Waals surface area contributed by atoms with Gasteiger partial charge >= 0.3 is 0 Å². The Morgan fingerprint density at radius 2 is 2.04 bits per heavy atom. The first-order valence-electron chi connectivity index (χ1n) is 7.34. The Hall–Kier alpha value is -0.960. The largest absolute Gasteiger partial charge is 0.366 e. The highest BCUT2D eigenvalue weighted by Gasteiger charge is 2.16. The second-order valence-corrected chi connectivity index (χ2v) is 7.09. The Morgan fingerprint density at radius 3 is 2.61 bits per heavy atom. The van der Waals surface area contributed by atoms with Gasteiger partial charge in [0.05, 0.1) is 6.54 Å². The molecule has 5 nitrogen and oxygen atoms in total. The predicted octanol–water partition coefficient (Wildman–Crippen LogP) is 2.60. The van der Waals surface area contributed by atoms with Crippen molar-refractivity contribution < 1.29 is 4.79 Å². The van der Waals surface area contributed by atoms with Crippen LogP contribution in [0.15, 0.2) is 29.3 Å². The van der Waals surface area contributed by atoms with E-state index in [9.17, 15) is 4.79 Å². The maximum Gasteiger partial charge on any atom is 0.248 e. The summed E-state index contributed by atoms with van der Waals surface area (Å²) in [7, 11) is 0. The first-order valence-corrected chi connectivity index (χ1v) is 8.56. The number of primary amides is 1. The Labute approximate surface area is 160 Å². The van der Waals surface area contributed by atoms with E-state index in [1.807, 2.05) is 30.8 Å². The standard InChI is InChI=1S/C16H26N4OS.HI/c1-5-18-15(20-11-16(2,3)22-4)19-10-12-7-6-8-13(9-12)14(17)21;/h6-9H,5,10-11H2,1-4H3,(H2,17,21)(H2,18,19,20);1H. The first-order chi connectivity index (χ1) is 10.4. The van der Waals surface area contributed by atoms with E-state index in [0.29, 0.717) is 12.1 Å². The Balaban J connectivity index is 0.00000484. The number of amides is 1. The third-order valence-electron chi connectivity index (χ3n) is 3.21. The molecule has 4 N–H and O–H groups in total. The molecule has 0 unspecified atom stereocenters. The molecule has 0 heterocycles. The van der Waals surface area contributed by atoms with Crippen LogP contribution in [0, 0.1) is 0 Å². The number of carbonyl (C=O) groups excluding carboxylic acids is 1. The van der Waals surface area contributed by atoms with E-state index in [1.165, 1.54) is 0 Å². The van der Waals surface area contributed by atoms with Crippen LogP contribution in [0.25, 0.3) is 0 Å². The van der Waals surface area contributed by atoms with Crippen LogP contribution in [0.4, 0.5) is 0 Å². The van der Waals surface area contributed by atoms with Gasteiger partial charge in [0.2, 0.25) is 5.91 Å². The van der Waals surface area contributed by atoms with E-state index in [1.54, 1.807) is 12.1 Å². The summed E-state index contributed by atoms with van der Waals surface area (Å²) in [6.07, 6.45) is 2.10.